The number of piperazine rings is 1. The van der Waals surface area contributed by atoms with Gasteiger partial charge in [-0.2, -0.15) is 0 Å². The molecule has 1 N–H and O–H groups in total. The summed E-state index contributed by atoms with van der Waals surface area (Å²) in [6.07, 6.45) is 0. The SMILES string of the molecule is Cc1cccc(N2CC[NH+](Cc3ccc4ccc5cccc6ccc3c4c56)CC2)c1C. The van der Waals surface area contributed by atoms with Crippen LogP contribution in [0.25, 0.3) is 32.3 Å². The molecule has 0 aromatic heterocycles. The molecule has 1 saturated heterocycles. The molecule has 1 aliphatic heterocycles. The van der Waals surface area contributed by atoms with Gasteiger partial charge in [-0.15, -0.1) is 0 Å². The van der Waals surface area contributed by atoms with Crippen molar-refractivity contribution in [3.8, 4) is 0 Å². The van der Waals surface area contributed by atoms with Crippen molar-refractivity contribution in [3.05, 3.63) is 89.5 Å². The van der Waals surface area contributed by atoms with E-state index in [1.807, 2.05) is 0 Å². The van der Waals surface area contributed by atoms with Gasteiger partial charge in [-0.05, 0) is 63.4 Å². The van der Waals surface area contributed by atoms with Crippen molar-refractivity contribution >= 4 is 38.0 Å². The van der Waals surface area contributed by atoms with Crippen LogP contribution >= 0.6 is 0 Å². The zero-order valence-electron chi connectivity index (χ0n) is 18.4. The van der Waals surface area contributed by atoms with E-state index >= 15 is 0 Å². The molecule has 0 bridgehead atoms. The molecule has 2 nitrogen and oxygen atoms in total. The van der Waals surface area contributed by atoms with E-state index < -0.39 is 0 Å². The molecule has 154 valence electrons. The van der Waals surface area contributed by atoms with Gasteiger partial charge in [-0.1, -0.05) is 66.7 Å². The fourth-order valence-electron chi connectivity index (χ4n) is 5.54. The summed E-state index contributed by atoms with van der Waals surface area (Å²) in [5.41, 5.74) is 5.72. The van der Waals surface area contributed by atoms with Crippen molar-refractivity contribution in [1.82, 2.24) is 0 Å². The normalized spacial score (nSPS) is 15.5. The van der Waals surface area contributed by atoms with Gasteiger partial charge in [-0.3, -0.25) is 0 Å². The van der Waals surface area contributed by atoms with E-state index in [2.05, 4.69) is 91.5 Å². The Kier molecular flexibility index (Phi) is 4.36. The highest BCUT2D eigenvalue weighted by molar-refractivity contribution is 6.23. The summed E-state index contributed by atoms with van der Waals surface area (Å²) in [6.45, 7) is 10.2. The number of aryl methyl sites for hydroxylation is 1. The van der Waals surface area contributed by atoms with E-state index in [4.69, 9.17) is 0 Å². The van der Waals surface area contributed by atoms with Gasteiger partial charge in [-0.25, -0.2) is 0 Å². The molecule has 0 aliphatic carbocycles. The number of rotatable bonds is 3. The second-order valence-corrected chi connectivity index (χ2v) is 9.21. The van der Waals surface area contributed by atoms with Crippen LogP contribution in [0.1, 0.15) is 16.7 Å². The van der Waals surface area contributed by atoms with Gasteiger partial charge >= 0.3 is 0 Å². The Morgan fingerprint density at radius 2 is 1.35 bits per heavy atom. The number of nitrogens with zero attached hydrogens (tertiary/aromatic N) is 1. The zero-order valence-corrected chi connectivity index (χ0v) is 18.4. The molecule has 1 fully saturated rings. The van der Waals surface area contributed by atoms with E-state index in [1.165, 1.54) is 67.8 Å². The topological polar surface area (TPSA) is 7.68 Å². The maximum Gasteiger partial charge on any atom is 0.104 e. The van der Waals surface area contributed by atoms with Crippen LogP contribution < -0.4 is 9.80 Å². The average molecular weight is 406 g/mol. The molecule has 5 aromatic carbocycles. The lowest BCUT2D eigenvalue weighted by molar-refractivity contribution is -0.914. The number of anilines is 1. The Bertz CT molecular complexity index is 1380. The predicted molar refractivity (Wildman–Crippen MR) is 133 cm³/mol. The summed E-state index contributed by atoms with van der Waals surface area (Å²) in [6, 6.07) is 27.3. The third-order valence-electron chi connectivity index (χ3n) is 7.45. The van der Waals surface area contributed by atoms with E-state index in [0.717, 1.165) is 19.6 Å². The molecular weight excluding hydrogens is 376 g/mol. The molecule has 0 saturated carbocycles. The molecule has 1 heterocycles. The largest absolute Gasteiger partial charge is 0.360 e. The molecule has 0 spiro atoms. The minimum atomic E-state index is 1.11. The van der Waals surface area contributed by atoms with E-state index in [1.54, 1.807) is 4.90 Å². The summed E-state index contributed by atoms with van der Waals surface area (Å²) in [4.78, 5) is 4.27. The fraction of sp³-hybridized carbons (Fsp3) is 0.241. The van der Waals surface area contributed by atoms with Crippen LogP contribution in [0.15, 0.2) is 72.8 Å². The molecule has 0 radical (unpaired) electrons. The Balaban J connectivity index is 1.29. The number of benzene rings is 5. The number of hydrogen-bond donors (Lipinski definition) is 1. The minimum absolute atomic E-state index is 1.11. The lowest BCUT2D eigenvalue weighted by atomic mass is 9.92. The molecule has 2 heteroatoms. The van der Waals surface area contributed by atoms with Crippen molar-refractivity contribution in [2.45, 2.75) is 20.4 Å². The highest BCUT2D eigenvalue weighted by atomic mass is 15.3. The first-order chi connectivity index (χ1) is 15.2. The number of quaternary nitrogens is 1. The quantitative estimate of drug-likeness (QED) is 0.410. The van der Waals surface area contributed by atoms with Gasteiger partial charge in [0.15, 0.2) is 0 Å². The highest BCUT2D eigenvalue weighted by Crippen LogP contribution is 2.35. The van der Waals surface area contributed by atoms with Crippen LogP contribution in [-0.2, 0) is 6.54 Å². The fourth-order valence-corrected chi connectivity index (χ4v) is 5.54. The van der Waals surface area contributed by atoms with Crippen molar-refractivity contribution < 1.29 is 4.90 Å². The Hall–Kier alpha value is -3.10. The number of nitrogens with one attached hydrogen (secondary N) is 1. The van der Waals surface area contributed by atoms with Gasteiger partial charge in [0.25, 0.3) is 0 Å². The van der Waals surface area contributed by atoms with Crippen LogP contribution in [0.3, 0.4) is 0 Å². The first-order valence-corrected chi connectivity index (χ1v) is 11.5. The summed E-state index contributed by atoms with van der Waals surface area (Å²) < 4.78 is 0. The zero-order chi connectivity index (χ0) is 20.9. The predicted octanol–water partition coefficient (Wildman–Crippen LogP) is 5.11. The van der Waals surface area contributed by atoms with Gasteiger partial charge < -0.3 is 9.80 Å². The Labute approximate surface area is 184 Å². The first kappa shape index (κ1) is 18.7. The van der Waals surface area contributed by atoms with Crippen LogP contribution in [0.2, 0.25) is 0 Å². The molecule has 0 unspecified atom stereocenters. The van der Waals surface area contributed by atoms with Gasteiger partial charge in [0, 0.05) is 11.3 Å². The van der Waals surface area contributed by atoms with Gasteiger partial charge in [0.05, 0.1) is 26.2 Å². The molecule has 6 rings (SSSR count). The standard InChI is InChI=1S/C29H28N2/c1-20-5-3-8-27(21(20)2)31-17-15-30(16-18-31)19-25-12-11-24-10-9-22-6-4-7-23-13-14-26(25)29(24)28(22)23/h3-14H,15-19H2,1-2H3/p+1. The van der Waals surface area contributed by atoms with Crippen LogP contribution in [0.5, 0.6) is 0 Å². The lowest BCUT2D eigenvalue weighted by Crippen LogP contribution is -3.13. The average Bonchev–Trinajstić information content (AvgIpc) is 2.81. The first-order valence-electron chi connectivity index (χ1n) is 11.5. The minimum Gasteiger partial charge on any atom is -0.360 e. The second-order valence-electron chi connectivity index (χ2n) is 9.21. The molecular formula is C29H29N2+. The molecule has 5 aromatic rings. The molecule has 0 atom stereocenters. The second kappa shape index (κ2) is 7.25. The lowest BCUT2D eigenvalue weighted by Gasteiger charge is -2.35. The van der Waals surface area contributed by atoms with Crippen molar-refractivity contribution in [1.29, 1.82) is 0 Å². The Morgan fingerprint density at radius 3 is 2.13 bits per heavy atom. The third kappa shape index (κ3) is 3.05. The summed E-state index contributed by atoms with van der Waals surface area (Å²) in [7, 11) is 0. The van der Waals surface area contributed by atoms with E-state index in [0.29, 0.717) is 0 Å². The van der Waals surface area contributed by atoms with Crippen molar-refractivity contribution in [2.24, 2.45) is 0 Å². The smallest absolute Gasteiger partial charge is 0.104 e. The highest BCUT2D eigenvalue weighted by Gasteiger charge is 2.22. The maximum atomic E-state index is 2.58. The van der Waals surface area contributed by atoms with Crippen LogP contribution in [0, 0.1) is 13.8 Å². The van der Waals surface area contributed by atoms with Gasteiger partial charge in [0.2, 0.25) is 0 Å². The maximum absolute atomic E-state index is 2.58. The summed E-state index contributed by atoms with van der Waals surface area (Å²) >= 11 is 0. The van der Waals surface area contributed by atoms with Crippen LogP contribution in [-0.4, -0.2) is 26.2 Å². The summed E-state index contributed by atoms with van der Waals surface area (Å²) in [5, 5.41) is 8.36. The molecule has 31 heavy (non-hydrogen) atoms. The Morgan fingerprint density at radius 1 is 0.710 bits per heavy atom. The molecule has 0 amide bonds. The van der Waals surface area contributed by atoms with Crippen molar-refractivity contribution in [2.75, 3.05) is 31.1 Å². The number of hydrogen-bond acceptors (Lipinski definition) is 1. The van der Waals surface area contributed by atoms with Gasteiger partial charge in [0.1, 0.15) is 6.54 Å². The van der Waals surface area contributed by atoms with Crippen molar-refractivity contribution in [3.63, 3.8) is 0 Å². The third-order valence-corrected chi connectivity index (χ3v) is 7.45. The summed E-state index contributed by atoms with van der Waals surface area (Å²) in [5.74, 6) is 0. The molecule has 1 aliphatic rings. The monoisotopic (exact) mass is 405 g/mol. The van der Waals surface area contributed by atoms with E-state index in [-0.39, 0.29) is 0 Å². The van der Waals surface area contributed by atoms with Crippen LogP contribution in [0.4, 0.5) is 5.69 Å². The van der Waals surface area contributed by atoms with E-state index in [9.17, 15) is 0 Å².